The number of unbranched alkanes of at least 4 members (excludes halogenated alkanes) is 2. The largest absolute Gasteiger partial charge is 0.507 e. The van der Waals surface area contributed by atoms with Crippen LogP contribution in [-0.4, -0.2) is 114 Å². The molecule has 290 valence electrons. The van der Waals surface area contributed by atoms with Crippen molar-refractivity contribution < 1.29 is 59.3 Å². The van der Waals surface area contributed by atoms with Crippen LogP contribution >= 0.6 is 0 Å². The average molecular weight is 751 g/mol. The topological polar surface area (TPSA) is 262 Å². The summed E-state index contributed by atoms with van der Waals surface area (Å²) in [6.07, 6.45) is 0.0204. The molecule has 0 spiro atoms. The standard InChI is InChI=1S/C38H46N4O12/c1-18-10-11-27(46)42(18)12-5-3-4-9-26(45)41-40-25(17-44)38(52)14-22-30(24(15-38)54-28-13-23(39)33(47)19(2)53-28)37(51)32-31(35(22)49)34(48)21-8-6-7-20(16-43)29(21)36(32)50/h6-8,10-11,18-19,23-24,28,33,43-44,47,49,51-52H,3-5,9,12-17,39H2,1-2H3,(H,41,45)/b40-25+/t18?,19?,23-,24+,28+,33+,38+/m1/s1. The van der Waals surface area contributed by atoms with Crippen molar-refractivity contribution in [2.45, 2.75) is 108 Å². The average Bonchev–Trinajstić information content (AvgIpc) is 3.46. The van der Waals surface area contributed by atoms with Crippen LogP contribution in [0.1, 0.15) is 107 Å². The molecule has 0 aromatic heterocycles. The number of carbonyl (C=O) groups excluding carboxylic acids is 4. The third-order valence-corrected chi connectivity index (χ3v) is 10.8. The van der Waals surface area contributed by atoms with Gasteiger partial charge in [-0.2, -0.15) is 5.10 Å². The van der Waals surface area contributed by atoms with Gasteiger partial charge in [0.1, 0.15) is 17.1 Å². The number of benzene rings is 2. The van der Waals surface area contributed by atoms with Crippen molar-refractivity contribution in [3.63, 3.8) is 0 Å². The summed E-state index contributed by atoms with van der Waals surface area (Å²) in [6.45, 7) is 2.63. The van der Waals surface area contributed by atoms with Gasteiger partial charge in [0.15, 0.2) is 17.9 Å². The van der Waals surface area contributed by atoms with E-state index in [4.69, 9.17) is 15.2 Å². The van der Waals surface area contributed by atoms with Gasteiger partial charge in [0.2, 0.25) is 11.8 Å². The maximum Gasteiger partial charge on any atom is 0.246 e. The number of ketones is 2. The number of rotatable bonds is 12. The van der Waals surface area contributed by atoms with Crippen molar-refractivity contribution in [3.8, 4) is 11.5 Å². The summed E-state index contributed by atoms with van der Waals surface area (Å²) in [5, 5.41) is 70.5. The quantitative estimate of drug-likeness (QED) is 0.0550. The minimum absolute atomic E-state index is 0.0145. The van der Waals surface area contributed by atoms with E-state index in [0.29, 0.717) is 25.8 Å². The number of phenolic OH excluding ortho intramolecular Hbond substituents is 2. The second-order valence-corrected chi connectivity index (χ2v) is 14.4. The molecule has 2 unspecified atom stereocenters. The predicted molar refractivity (Wildman–Crippen MR) is 190 cm³/mol. The molecule has 1 saturated heterocycles. The maximum absolute atomic E-state index is 13.9. The number of nitrogens with two attached hydrogens (primary N) is 1. The zero-order valence-corrected chi connectivity index (χ0v) is 30.0. The van der Waals surface area contributed by atoms with Crippen molar-refractivity contribution in [2.75, 3.05) is 13.2 Å². The van der Waals surface area contributed by atoms with Gasteiger partial charge in [0.05, 0.1) is 48.4 Å². The number of nitrogens with zero attached hydrogens (tertiary/aromatic N) is 2. The fraction of sp³-hybridized carbons (Fsp3) is 0.500. The van der Waals surface area contributed by atoms with E-state index in [1.807, 2.05) is 13.0 Å². The van der Waals surface area contributed by atoms with Gasteiger partial charge in [-0.1, -0.05) is 30.7 Å². The van der Waals surface area contributed by atoms with Crippen LogP contribution in [0.2, 0.25) is 0 Å². The number of aliphatic hydroxyl groups is 4. The molecule has 16 nitrogen and oxygen atoms in total. The first-order valence-electron chi connectivity index (χ1n) is 18.1. The monoisotopic (exact) mass is 750 g/mol. The number of aromatic hydroxyl groups is 2. The van der Waals surface area contributed by atoms with Crippen LogP contribution in [0.25, 0.3) is 0 Å². The molecule has 9 N–H and O–H groups in total. The molecule has 7 atom stereocenters. The summed E-state index contributed by atoms with van der Waals surface area (Å²) in [5.74, 6) is -3.57. The highest BCUT2D eigenvalue weighted by atomic mass is 16.7. The van der Waals surface area contributed by atoms with E-state index in [9.17, 15) is 49.8 Å². The summed E-state index contributed by atoms with van der Waals surface area (Å²) >= 11 is 0. The second kappa shape index (κ2) is 15.7. The van der Waals surface area contributed by atoms with Gasteiger partial charge in [-0.15, -0.1) is 0 Å². The van der Waals surface area contributed by atoms with E-state index in [1.165, 1.54) is 18.2 Å². The van der Waals surface area contributed by atoms with Crippen molar-refractivity contribution in [1.29, 1.82) is 0 Å². The lowest BCUT2D eigenvalue weighted by molar-refractivity contribution is -0.245. The number of hydrogen-bond acceptors (Lipinski definition) is 14. The molecular formula is C38H46N4O12. The molecule has 2 aromatic rings. The van der Waals surface area contributed by atoms with Crippen LogP contribution in [0.5, 0.6) is 11.5 Å². The Hall–Kier alpha value is -4.55. The zero-order valence-electron chi connectivity index (χ0n) is 30.0. The minimum atomic E-state index is -2.14. The van der Waals surface area contributed by atoms with E-state index < -0.39 is 102 Å². The molecule has 0 saturated carbocycles. The van der Waals surface area contributed by atoms with Gasteiger partial charge < -0.3 is 50.7 Å². The lowest BCUT2D eigenvalue weighted by Gasteiger charge is -2.43. The highest BCUT2D eigenvalue weighted by Crippen LogP contribution is 2.52. The highest BCUT2D eigenvalue weighted by Gasteiger charge is 2.49. The molecule has 2 aliphatic heterocycles. The summed E-state index contributed by atoms with van der Waals surface area (Å²) in [7, 11) is 0. The van der Waals surface area contributed by atoms with Gasteiger partial charge in [-0.3, -0.25) is 19.2 Å². The van der Waals surface area contributed by atoms with Crippen LogP contribution in [0.4, 0.5) is 0 Å². The third kappa shape index (κ3) is 7.18. The Morgan fingerprint density at radius 3 is 2.48 bits per heavy atom. The maximum atomic E-state index is 13.9. The molecule has 1 fully saturated rings. The number of hydrogen-bond donors (Lipinski definition) is 8. The first-order valence-corrected chi connectivity index (χ1v) is 18.1. The minimum Gasteiger partial charge on any atom is -0.507 e. The van der Waals surface area contributed by atoms with Crippen molar-refractivity contribution in [2.24, 2.45) is 10.8 Å². The van der Waals surface area contributed by atoms with Crippen LogP contribution in [0.3, 0.4) is 0 Å². The van der Waals surface area contributed by atoms with Crippen molar-refractivity contribution in [3.05, 3.63) is 69.3 Å². The molecular weight excluding hydrogens is 704 g/mol. The summed E-state index contributed by atoms with van der Waals surface area (Å²) in [4.78, 5) is 54.2. The lowest BCUT2D eigenvalue weighted by atomic mass is 9.71. The van der Waals surface area contributed by atoms with Crippen LogP contribution in [0, 0.1) is 0 Å². The zero-order chi connectivity index (χ0) is 39.1. The molecule has 54 heavy (non-hydrogen) atoms. The number of aliphatic hydroxyl groups excluding tert-OH is 3. The molecule has 16 heteroatoms. The fourth-order valence-corrected chi connectivity index (χ4v) is 7.83. The predicted octanol–water partition coefficient (Wildman–Crippen LogP) is 0.735. The number of carbonyl (C=O) groups is 4. The Kier molecular flexibility index (Phi) is 11.4. The first-order chi connectivity index (χ1) is 25.7. The number of nitrogens with one attached hydrogen (secondary N) is 1. The molecule has 0 bridgehead atoms. The molecule has 0 radical (unpaired) electrons. The van der Waals surface area contributed by atoms with E-state index >= 15 is 0 Å². The number of phenols is 2. The van der Waals surface area contributed by atoms with Gasteiger partial charge in [-0.25, -0.2) is 5.43 Å². The molecule has 2 aromatic carbocycles. The molecule has 2 amide bonds. The van der Waals surface area contributed by atoms with Crippen LogP contribution < -0.4 is 11.2 Å². The van der Waals surface area contributed by atoms with E-state index in [1.54, 1.807) is 17.9 Å². The van der Waals surface area contributed by atoms with E-state index in [2.05, 4.69) is 10.5 Å². The first kappa shape index (κ1) is 39.2. The summed E-state index contributed by atoms with van der Waals surface area (Å²) in [6, 6.07) is 3.54. The Labute approximate surface area is 310 Å². The van der Waals surface area contributed by atoms with Gasteiger partial charge in [-0.05, 0) is 32.3 Å². The molecule has 2 heterocycles. The van der Waals surface area contributed by atoms with E-state index in [-0.39, 0.29) is 58.3 Å². The second-order valence-electron chi connectivity index (χ2n) is 14.4. The molecule has 2 aliphatic carbocycles. The Morgan fingerprint density at radius 1 is 1.07 bits per heavy atom. The SMILES string of the molecule is CC1O[C@@H](O[C@H]2C[C@](O)(/C(CO)=N/NC(=O)CCCCCN3C(=O)C=CC3C)Cc3c(O)c4c(c(O)c32)C(=O)c2c(CO)cccc2C4=O)C[C@@H](N)[C@H]1O. The summed E-state index contributed by atoms with van der Waals surface area (Å²) < 4.78 is 12.1. The van der Waals surface area contributed by atoms with Crippen LogP contribution in [-0.2, 0) is 32.1 Å². The Morgan fingerprint density at radius 2 is 1.81 bits per heavy atom. The normalized spacial score (nSPS) is 27.9. The van der Waals surface area contributed by atoms with Crippen LogP contribution in [0.15, 0.2) is 35.5 Å². The fourth-order valence-electron chi connectivity index (χ4n) is 7.83. The smallest absolute Gasteiger partial charge is 0.246 e. The van der Waals surface area contributed by atoms with Gasteiger partial charge in [0.25, 0.3) is 0 Å². The van der Waals surface area contributed by atoms with Gasteiger partial charge >= 0.3 is 0 Å². The summed E-state index contributed by atoms with van der Waals surface area (Å²) in [5.41, 5.74) is 4.65. The number of amides is 2. The highest BCUT2D eigenvalue weighted by molar-refractivity contribution is 6.31. The van der Waals surface area contributed by atoms with Crippen molar-refractivity contribution in [1.82, 2.24) is 10.3 Å². The molecule has 6 rings (SSSR count). The number of hydrazone groups is 1. The van der Waals surface area contributed by atoms with E-state index in [0.717, 1.165) is 0 Å². The van der Waals surface area contributed by atoms with Crippen molar-refractivity contribution >= 4 is 29.1 Å². The molecule has 4 aliphatic rings. The number of ether oxygens (including phenoxy) is 2. The number of fused-ring (bicyclic) bond motifs is 3. The Bertz CT molecular complexity index is 1900. The Balaban J connectivity index is 1.29. The third-order valence-electron chi connectivity index (χ3n) is 10.8. The lowest BCUT2D eigenvalue weighted by Crippen LogP contribution is -2.53. The van der Waals surface area contributed by atoms with Gasteiger partial charge in [0, 0.05) is 72.6 Å².